The van der Waals surface area contributed by atoms with E-state index in [2.05, 4.69) is 10.6 Å². The lowest BCUT2D eigenvalue weighted by molar-refractivity contribution is -0.384. The van der Waals surface area contributed by atoms with Gasteiger partial charge in [-0.25, -0.2) is 4.99 Å². The number of hydrogen-bond acceptors (Lipinski definition) is 3. The summed E-state index contributed by atoms with van der Waals surface area (Å²) in [6.45, 7) is 0.543. The van der Waals surface area contributed by atoms with Crippen LogP contribution in [0.2, 0.25) is 0 Å². The highest BCUT2D eigenvalue weighted by Crippen LogP contribution is 2.44. The van der Waals surface area contributed by atoms with Crippen LogP contribution in [0.1, 0.15) is 44.1 Å². The van der Waals surface area contributed by atoms with Gasteiger partial charge in [-0.2, -0.15) is 0 Å². The maximum Gasteiger partial charge on any atom is 0.269 e. The Morgan fingerprint density at radius 2 is 1.88 bits per heavy atom. The van der Waals surface area contributed by atoms with Gasteiger partial charge in [-0.3, -0.25) is 10.1 Å². The molecule has 0 saturated heterocycles. The summed E-state index contributed by atoms with van der Waals surface area (Å²) in [4.78, 5) is 15.1. The lowest BCUT2D eigenvalue weighted by atomic mass is 9.95. The van der Waals surface area contributed by atoms with Crippen molar-refractivity contribution in [1.29, 1.82) is 0 Å². The number of nitrogens with one attached hydrogen (secondary N) is 2. The molecule has 0 amide bonds. The van der Waals surface area contributed by atoms with Gasteiger partial charge in [0.05, 0.1) is 11.5 Å². The monoisotopic (exact) mass is 456 g/mol. The Kier molecular flexibility index (Phi) is 5.81. The second-order valence-corrected chi connectivity index (χ2v) is 7.43. The van der Waals surface area contributed by atoms with Crippen molar-refractivity contribution in [3.05, 3.63) is 39.9 Å². The van der Waals surface area contributed by atoms with Crippen molar-refractivity contribution in [2.24, 2.45) is 16.8 Å². The predicted octanol–water partition coefficient (Wildman–Crippen LogP) is 3.60. The molecule has 1 aromatic carbocycles. The molecule has 3 atom stereocenters. The first kappa shape index (κ1) is 18.4. The van der Waals surface area contributed by atoms with E-state index in [9.17, 15) is 10.1 Å². The molecule has 25 heavy (non-hydrogen) atoms. The predicted molar refractivity (Wildman–Crippen MR) is 108 cm³/mol. The van der Waals surface area contributed by atoms with Crippen molar-refractivity contribution in [2.45, 2.75) is 57.2 Å². The van der Waals surface area contributed by atoms with Crippen LogP contribution in [0.15, 0.2) is 29.3 Å². The normalized spacial score (nSPS) is 27.7. The lowest BCUT2D eigenvalue weighted by Gasteiger charge is -2.25. The summed E-state index contributed by atoms with van der Waals surface area (Å²) < 4.78 is 0. The maximum atomic E-state index is 10.7. The molecule has 3 unspecified atom stereocenters. The fourth-order valence-electron chi connectivity index (χ4n) is 4.04. The lowest BCUT2D eigenvalue weighted by Crippen LogP contribution is -2.46. The SMILES string of the molecule is I.O=[N+]([O-])c1ccc(CN=C(NC2CC2)NC2CC3CCC2C3)cc1. The molecule has 0 heterocycles. The molecule has 2 bridgehead atoms. The average Bonchev–Trinajstić information content (AvgIpc) is 3.15. The third-order valence-electron chi connectivity index (χ3n) is 5.55. The van der Waals surface area contributed by atoms with Gasteiger partial charge >= 0.3 is 0 Å². The number of hydrogen-bond donors (Lipinski definition) is 2. The fourth-order valence-corrected chi connectivity index (χ4v) is 4.04. The number of benzene rings is 1. The van der Waals surface area contributed by atoms with Gasteiger partial charge in [0.25, 0.3) is 5.69 Å². The molecule has 3 aliphatic carbocycles. The number of non-ortho nitro benzene ring substituents is 1. The van der Waals surface area contributed by atoms with Crippen molar-refractivity contribution in [3.8, 4) is 0 Å². The van der Waals surface area contributed by atoms with E-state index in [1.807, 2.05) is 0 Å². The highest BCUT2D eigenvalue weighted by Gasteiger charge is 2.40. The van der Waals surface area contributed by atoms with E-state index in [1.54, 1.807) is 24.3 Å². The van der Waals surface area contributed by atoms with Crippen LogP contribution in [0.3, 0.4) is 0 Å². The molecule has 4 rings (SSSR count). The van der Waals surface area contributed by atoms with Crippen molar-refractivity contribution in [3.63, 3.8) is 0 Å². The van der Waals surface area contributed by atoms with Crippen LogP contribution < -0.4 is 10.6 Å². The van der Waals surface area contributed by atoms with Crippen LogP contribution in [0.4, 0.5) is 5.69 Å². The Labute approximate surface area is 165 Å². The molecule has 3 aliphatic rings. The van der Waals surface area contributed by atoms with Crippen molar-refractivity contribution < 1.29 is 4.92 Å². The van der Waals surface area contributed by atoms with Gasteiger partial charge < -0.3 is 10.6 Å². The zero-order valence-electron chi connectivity index (χ0n) is 14.2. The Bertz CT molecular complexity index is 645. The Hall–Kier alpha value is -1.38. The molecule has 0 aliphatic heterocycles. The van der Waals surface area contributed by atoms with Gasteiger partial charge in [0.15, 0.2) is 5.96 Å². The Morgan fingerprint density at radius 1 is 1.12 bits per heavy atom. The van der Waals surface area contributed by atoms with E-state index in [0.717, 1.165) is 23.4 Å². The van der Waals surface area contributed by atoms with E-state index in [4.69, 9.17) is 4.99 Å². The van der Waals surface area contributed by atoms with Gasteiger partial charge in [0, 0.05) is 24.2 Å². The summed E-state index contributed by atoms with van der Waals surface area (Å²) in [5.41, 5.74) is 1.12. The number of fused-ring (bicyclic) bond motifs is 2. The highest BCUT2D eigenvalue weighted by molar-refractivity contribution is 14.0. The number of aliphatic imine (C=N–C) groups is 1. The second-order valence-electron chi connectivity index (χ2n) is 7.43. The quantitative estimate of drug-likeness (QED) is 0.233. The van der Waals surface area contributed by atoms with Crippen LogP contribution >= 0.6 is 24.0 Å². The highest BCUT2D eigenvalue weighted by atomic mass is 127. The summed E-state index contributed by atoms with van der Waals surface area (Å²) in [5.74, 6) is 2.62. The minimum atomic E-state index is -0.371. The molecular weight excluding hydrogens is 431 g/mol. The minimum absolute atomic E-state index is 0. The van der Waals surface area contributed by atoms with Crippen LogP contribution in [0, 0.1) is 22.0 Å². The van der Waals surface area contributed by atoms with Crippen LogP contribution in [0.25, 0.3) is 0 Å². The minimum Gasteiger partial charge on any atom is -0.354 e. The molecule has 7 heteroatoms. The summed E-state index contributed by atoms with van der Waals surface area (Å²) in [6, 6.07) is 7.78. The number of nitrogens with zero attached hydrogens (tertiary/aromatic N) is 2. The van der Waals surface area contributed by atoms with Crippen LogP contribution in [-0.2, 0) is 6.54 Å². The molecule has 2 N–H and O–H groups in total. The first-order valence-electron chi connectivity index (χ1n) is 8.98. The third-order valence-corrected chi connectivity index (χ3v) is 5.55. The van der Waals surface area contributed by atoms with Gasteiger partial charge in [0.1, 0.15) is 0 Å². The molecule has 6 nitrogen and oxygen atoms in total. The fraction of sp³-hybridized carbons (Fsp3) is 0.611. The molecule has 3 fully saturated rings. The van der Waals surface area contributed by atoms with Gasteiger partial charge in [0.2, 0.25) is 0 Å². The summed E-state index contributed by atoms with van der Waals surface area (Å²) in [6.07, 6.45) is 7.82. The average molecular weight is 456 g/mol. The molecular formula is C18H25IN4O2. The zero-order chi connectivity index (χ0) is 16.5. The molecule has 136 valence electrons. The Morgan fingerprint density at radius 3 is 2.44 bits per heavy atom. The van der Waals surface area contributed by atoms with E-state index < -0.39 is 0 Å². The number of guanidine groups is 1. The van der Waals surface area contributed by atoms with Crippen molar-refractivity contribution >= 4 is 35.6 Å². The number of rotatable bonds is 5. The maximum absolute atomic E-state index is 10.7. The van der Waals surface area contributed by atoms with E-state index >= 15 is 0 Å². The molecule has 0 radical (unpaired) electrons. The Balaban J connectivity index is 0.00000182. The number of nitro benzene ring substituents is 1. The smallest absolute Gasteiger partial charge is 0.269 e. The summed E-state index contributed by atoms with van der Waals surface area (Å²) >= 11 is 0. The van der Waals surface area contributed by atoms with Crippen molar-refractivity contribution in [2.75, 3.05) is 0 Å². The van der Waals surface area contributed by atoms with Gasteiger partial charge in [-0.1, -0.05) is 18.6 Å². The molecule has 0 aromatic heterocycles. The molecule has 3 saturated carbocycles. The van der Waals surface area contributed by atoms with Crippen LogP contribution in [-0.4, -0.2) is 23.0 Å². The summed E-state index contributed by atoms with van der Waals surface area (Å²) in [7, 11) is 0. The second kappa shape index (κ2) is 7.88. The topological polar surface area (TPSA) is 79.6 Å². The van der Waals surface area contributed by atoms with E-state index in [0.29, 0.717) is 18.6 Å². The summed E-state index contributed by atoms with van der Waals surface area (Å²) in [5, 5.41) is 17.9. The van der Waals surface area contributed by atoms with Crippen molar-refractivity contribution in [1.82, 2.24) is 10.6 Å². The molecule has 1 aromatic rings. The zero-order valence-corrected chi connectivity index (χ0v) is 16.5. The number of halogens is 1. The molecule has 0 spiro atoms. The largest absolute Gasteiger partial charge is 0.354 e. The van der Waals surface area contributed by atoms with E-state index in [1.165, 1.54) is 38.5 Å². The first-order chi connectivity index (χ1) is 11.7. The number of nitro groups is 1. The standard InChI is InChI=1S/C18H24N4O2.HI/c23-22(24)16-7-2-12(3-8-16)11-19-18(20-15-5-6-15)21-17-10-13-1-4-14(17)9-13;/h2-3,7-8,13-15,17H,1,4-6,9-11H2,(H2,19,20,21);1H. The van der Waals surface area contributed by atoms with Gasteiger partial charge in [-0.05, 0) is 49.5 Å². The van der Waals surface area contributed by atoms with Crippen LogP contribution in [0.5, 0.6) is 0 Å². The first-order valence-corrected chi connectivity index (χ1v) is 8.98. The van der Waals surface area contributed by atoms with E-state index in [-0.39, 0.29) is 34.6 Å². The van der Waals surface area contributed by atoms with Gasteiger partial charge in [-0.15, -0.1) is 24.0 Å². The third kappa shape index (κ3) is 4.62.